The number of nitrogens with zero attached hydrogens (tertiary/aromatic N) is 2. The maximum atomic E-state index is 12.5. The maximum Gasteiger partial charge on any atom is 0.341 e. The fraction of sp³-hybridized carbons (Fsp3) is 0.364. The molecule has 0 radical (unpaired) electrons. The van der Waals surface area contributed by atoms with E-state index in [2.05, 4.69) is 4.90 Å². The number of aliphatic carboxylic acids is 1. The summed E-state index contributed by atoms with van der Waals surface area (Å²) >= 11 is 6.10. The van der Waals surface area contributed by atoms with E-state index in [4.69, 9.17) is 21.4 Å². The van der Waals surface area contributed by atoms with Gasteiger partial charge in [-0.1, -0.05) is 41.9 Å². The standard InChI is InChI=1S/C22H25ClN2O4/c23-19-7-8-20(29-16-22(27)28)18(14-19)15-24-10-12-25(13-11-24)21(26)9-6-17-4-2-1-3-5-17/h1-5,7-8,14H,6,9-13,15-16H2,(H,27,28). The lowest BCUT2D eigenvalue weighted by atomic mass is 10.1. The van der Waals surface area contributed by atoms with Crippen LogP contribution in [0.1, 0.15) is 17.5 Å². The minimum atomic E-state index is -1.02. The molecule has 1 aliphatic rings. The van der Waals surface area contributed by atoms with Crippen LogP contribution in [0.4, 0.5) is 0 Å². The minimum absolute atomic E-state index is 0.182. The molecule has 1 amide bonds. The lowest BCUT2D eigenvalue weighted by Gasteiger charge is -2.35. The third-order valence-corrected chi connectivity index (χ3v) is 5.20. The summed E-state index contributed by atoms with van der Waals surface area (Å²) in [6, 6.07) is 15.2. The van der Waals surface area contributed by atoms with Gasteiger partial charge < -0.3 is 14.7 Å². The molecule has 6 nitrogen and oxygen atoms in total. The fourth-order valence-electron chi connectivity index (χ4n) is 3.40. The first-order valence-corrected chi connectivity index (χ1v) is 10.1. The third-order valence-electron chi connectivity index (χ3n) is 4.96. The van der Waals surface area contributed by atoms with Crippen LogP contribution in [-0.4, -0.2) is 59.6 Å². The number of carboxylic acids is 1. The van der Waals surface area contributed by atoms with Gasteiger partial charge in [0.2, 0.25) is 5.91 Å². The Balaban J connectivity index is 1.50. The van der Waals surface area contributed by atoms with Crippen molar-refractivity contribution in [3.63, 3.8) is 0 Å². The maximum absolute atomic E-state index is 12.5. The lowest BCUT2D eigenvalue weighted by molar-refractivity contribution is -0.139. The smallest absolute Gasteiger partial charge is 0.341 e. The van der Waals surface area contributed by atoms with Gasteiger partial charge >= 0.3 is 5.97 Å². The van der Waals surface area contributed by atoms with Gasteiger partial charge in [-0.2, -0.15) is 0 Å². The SMILES string of the molecule is O=C(O)COc1ccc(Cl)cc1CN1CCN(C(=O)CCc2ccccc2)CC1. The summed E-state index contributed by atoms with van der Waals surface area (Å²) in [5.41, 5.74) is 2.02. The summed E-state index contributed by atoms with van der Waals surface area (Å²) in [7, 11) is 0. The number of carboxylic acid groups (broad SMARTS) is 1. The van der Waals surface area contributed by atoms with E-state index in [9.17, 15) is 9.59 Å². The van der Waals surface area contributed by atoms with Crippen LogP contribution >= 0.6 is 11.6 Å². The van der Waals surface area contributed by atoms with Crippen molar-refractivity contribution in [2.45, 2.75) is 19.4 Å². The molecule has 154 valence electrons. The summed E-state index contributed by atoms with van der Waals surface area (Å²) in [5, 5.41) is 9.42. The predicted molar refractivity (Wildman–Crippen MR) is 111 cm³/mol. The van der Waals surface area contributed by atoms with Crippen molar-refractivity contribution in [1.82, 2.24) is 9.80 Å². The molecule has 0 aliphatic carbocycles. The van der Waals surface area contributed by atoms with Crippen LogP contribution in [0.25, 0.3) is 0 Å². The molecule has 1 heterocycles. The number of piperazine rings is 1. The molecular weight excluding hydrogens is 392 g/mol. The second-order valence-corrected chi connectivity index (χ2v) is 7.51. The van der Waals surface area contributed by atoms with Gasteiger partial charge in [0, 0.05) is 49.7 Å². The van der Waals surface area contributed by atoms with E-state index < -0.39 is 12.6 Å². The van der Waals surface area contributed by atoms with E-state index in [1.165, 1.54) is 5.56 Å². The third kappa shape index (κ3) is 6.48. The van der Waals surface area contributed by atoms with Crippen molar-refractivity contribution in [2.75, 3.05) is 32.8 Å². The molecule has 29 heavy (non-hydrogen) atoms. The van der Waals surface area contributed by atoms with Gasteiger partial charge in [-0.05, 0) is 30.2 Å². The van der Waals surface area contributed by atoms with Crippen LogP contribution in [0.5, 0.6) is 5.75 Å². The number of ether oxygens (including phenoxy) is 1. The molecule has 3 rings (SSSR count). The van der Waals surface area contributed by atoms with Crippen LogP contribution in [0.15, 0.2) is 48.5 Å². The monoisotopic (exact) mass is 416 g/mol. The average molecular weight is 417 g/mol. The van der Waals surface area contributed by atoms with Crippen molar-refractivity contribution in [2.24, 2.45) is 0 Å². The number of carbonyl (C=O) groups is 2. The Morgan fingerprint density at radius 2 is 1.76 bits per heavy atom. The number of aryl methyl sites for hydroxylation is 1. The Morgan fingerprint density at radius 1 is 1.03 bits per heavy atom. The summed E-state index contributed by atoms with van der Waals surface area (Å²) in [6.45, 7) is 3.07. The Morgan fingerprint density at radius 3 is 2.45 bits per heavy atom. The topological polar surface area (TPSA) is 70.1 Å². The largest absolute Gasteiger partial charge is 0.482 e. The highest BCUT2D eigenvalue weighted by molar-refractivity contribution is 6.30. The zero-order chi connectivity index (χ0) is 20.6. The number of halogens is 1. The quantitative estimate of drug-likeness (QED) is 0.716. The van der Waals surface area contributed by atoms with Crippen LogP contribution in [0, 0.1) is 0 Å². The van der Waals surface area contributed by atoms with Crippen molar-refractivity contribution < 1.29 is 19.4 Å². The van der Waals surface area contributed by atoms with Crippen molar-refractivity contribution in [3.8, 4) is 5.75 Å². The van der Waals surface area contributed by atoms with Gasteiger partial charge in [0.25, 0.3) is 0 Å². The Kier molecular flexibility index (Phi) is 7.49. The number of hydrogen-bond acceptors (Lipinski definition) is 4. The van der Waals surface area contributed by atoms with Crippen LogP contribution in [0.2, 0.25) is 5.02 Å². The number of amides is 1. The number of rotatable bonds is 8. The van der Waals surface area contributed by atoms with E-state index in [-0.39, 0.29) is 5.91 Å². The molecule has 1 fully saturated rings. The summed E-state index contributed by atoms with van der Waals surface area (Å²) in [4.78, 5) is 27.4. The molecule has 0 saturated carbocycles. The Hall–Kier alpha value is -2.57. The lowest BCUT2D eigenvalue weighted by Crippen LogP contribution is -2.48. The van der Waals surface area contributed by atoms with Crippen molar-refractivity contribution in [1.29, 1.82) is 0 Å². The van der Waals surface area contributed by atoms with Gasteiger partial charge in [0.05, 0.1) is 0 Å². The van der Waals surface area contributed by atoms with Gasteiger partial charge in [-0.25, -0.2) is 4.79 Å². The number of benzene rings is 2. The van der Waals surface area contributed by atoms with Gasteiger partial charge in [-0.15, -0.1) is 0 Å². The van der Waals surface area contributed by atoms with E-state index in [0.717, 1.165) is 25.1 Å². The van der Waals surface area contributed by atoms with Crippen LogP contribution in [0.3, 0.4) is 0 Å². The second-order valence-electron chi connectivity index (χ2n) is 7.08. The molecule has 2 aromatic carbocycles. The highest BCUT2D eigenvalue weighted by Gasteiger charge is 2.22. The van der Waals surface area contributed by atoms with Gasteiger partial charge in [-0.3, -0.25) is 9.69 Å². The number of hydrogen-bond donors (Lipinski definition) is 1. The first-order valence-electron chi connectivity index (χ1n) is 9.68. The fourth-order valence-corrected chi connectivity index (χ4v) is 3.60. The molecule has 0 atom stereocenters. The Bertz CT molecular complexity index is 836. The van der Waals surface area contributed by atoms with Crippen LogP contribution < -0.4 is 4.74 Å². The molecule has 2 aromatic rings. The number of carbonyl (C=O) groups excluding carboxylic acids is 1. The molecule has 1 N–H and O–H groups in total. The molecule has 7 heteroatoms. The normalized spacial score (nSPS) is 14.6. The van der Waals surface area contributed by atoms with E-state index >= 15 is 0 Å². The highest BCUT2D eigenvalue weighted by Crippen LogP contribution is 2.25. The zero-order valence-electron chi connectivity index (χ0n) is 16.2. The zero-order valence-corrected chi connectivity index (χ0v) is 17.0. The second kappa shape index (κ2) is 10.3. The van der Waals surface area contributed by atoms with Crippen molar-refractivity contribution in [3.05, 3.63) is 64.7 Å². The summed E-state index contributed by atoms with van der Waals surface area (Å²) < 4.78 is 5.38. The summed E-state index contributed by atoms with van der Waals surface area (Å²) in [5.74, 6) is -0.312. The minimum Gasteiger partial charge on any atom is -0.482 e. The molecule has 0 aromatic heterocycles. The van der Waals surface area contributed by atoms with Crippen molar-refractivity contribution >= 4 is 23.5 Å². The molecule has 0 spiro atoms. The summed E-state index contributed by atoms with van der Waals surface area (Å²) in [6.07, 6.45) is 1.28. The van der Waals surface area contributed by atoms with Crippen LogP contribution in [-0.2, 0) is 22.6 Å². The van der Waals surface area contributed by atoms with E-state index in [1.54, 1.807) is 18.2 Å². The molecular formula is C22H25ClN2O4. The van der Waals surface area contributed by atoms with E-state index in [1.807, 2.05) is 35.2 Å². The first kappa shape index (κ1) is 21.1. The molecule has 0 unspecified atom stereocenters. The predicted octanol–water partition coefficient (Wildman–Crippen LogP) is 3.08. The first-order chi connectivity index (χ1) is 14.0. The van der Waals surface area contributed by atoms with E-state index in [0.29, 0.717) is 36.8 Å². The molecule has 1 saturated heterocycles. The highest BCUT2D eigenvalue weighted by atomic mass is 35.5. The van der Waals surface area contributed by atoms with Gasteiger partial charge in [0.15, 0.2) is 6.61 Å². The molecule has 1 aliphatic heterocycles. The molecule has 0 bridgehead atoms. The van der Waals surface area contributed by atoms with Gasteiger partial charge in [0.1, 0.15) is 5.75 Å². The average Bonchev–Trinajstić information content (AvgIpc) is 2.72. The Labute approximate surface area is 175 Å².